The zero-order chi connectivity index (χ0) is 24.9. The molecule has 1 saturated carbocycles. The topological polar surface area (TPSA) is 67.5 Å². The molecule has 0 unspecified atom stereocenters. The maximum Gasteiger partial charge on any atom is 0.494 e. The summed E-state index contributed by atoms with van der Waals surface area (Å²) in [6.07, 6.45) is 2.14. The molecule has 2 aliphatic heterocycles. The molecule has 35 heavy (non-hydrogen) atoms. The maximum atomic E-state index is 13.4. The molecule has 0 radical (unpaired) electrons. The fourth-order valence-electron chi connectivity index (χ4n) is 5.66. The van der Waals surface area contributed by atoms with Gasteiger partial charge in [-0.3, -0.25) is 4.79 Å². The van der Waals surface area contributed by atoms with Gasteiger partial charge in [-0.1, -0.05) is 45.0 Å². The Morgan fingerprint density at radius 2 is 1.80 bits per heavy atom. The third kappa shape index (κ3) is 3.53. The van der Waals surface area contributed by atoms with Gasteiger partial charge in [0.15, 0.2) is 0 Å². The first-order chi connectivity index (χ1) is 16.5. The molecule has 1 N–H and O–H groups in total. The van der Waals surface area contributed by atoms with Gasteiger partial charge in [-0.05, 0) is 69.3 Å². The number of rotatable bonds is 4. The number of nitrogens with zero attached hydrogens (tertiary/aromatic N) is 2. The van der Waals surface area contributed by atoms with E-state index in [4.69, 9.17) is 14.3 Å². The van der Waals surface area contributed by atoms with Gasteiger partial charge in [-0.25, -0.2) is 4.98 Å². The van der Waals surface area contributed by atoms with Crippen molar-refractivity contribution in [1.82, 2.24) is 14.9 Å². The van der Waals surface area contributed by atoms with Gasteiger partial charge in [0.05, 0.1) is 28.3 Å². The van der Waals surface area contributed by atoms with E-state index in [1.165, 1.54) is 0 Å². The van der Waals surface area contributed by atoms with Crippen molar-refractivity contribution in [3.63, 3.8) is 0 Å². The second kappa shape index (κ2) is 7.56. The molecule has 3 heterocycles. The van der Waals surface area contributed by atoms with Crippen LogP contribution in [0.15, 0.2) is 30.3 Å². The lowest BCUT2D eigenvalue weighted by atomic mass is 9.78. The van der Waals surface area contributed by atoms with Gasteiger partial charge in [-0.2, -0.15) is 0 Å². The largest absolute Gasteiger partial charge is 0.494 e. The van der Waals surface area contributed by atoms with Crippen LogP contribution >= 0.6 is 0 Å². The summed E-state index contributed by atoms with van der Waals surface area (Å²) in [6, 6.07) is 11.0. The van der Waals surface area contributed by atoms with Gasteiger partial charge < -0.3 is 19.2 Å². The first-order valence-corrected chi connectivity index (χ1v) is 13.1. The molecule has 0 spiro atoms. The Hall–Kier alpha value is -2.38. The van der Waals surface area contributed by atoms with Gasteiger partial charge in [0.1, 0.15) is 5.82 Å². The summed E-state index contributed by atoms with van der Waals surface area (Å²) in [7, 11) is -0.387. The Morgan fingerprint density at radius 3 is 2.49 bits per heavy atom. The van der Waals surface area contributed by atoms with Crippen LogP contribution in [-0.2, 0) is 14.1 Å². The zero-order valence-corrected chi connectivity index (χ0v) is 21.9. The minimum atomic E-state index is -0.387. The van der Waals surface area contributed by atoms with Gasteiger partial charge in [0, 0.05) is 17.3 Å². The summed E-state index contributed by atoms with van der Waals surface area (Å²) in [5, 5.41) is 2.21. The second-order valence-electron chi connectivity index (χ2n) is 12.2. The van der Waals surface area contributed by atoms with Gasteiger partial charge in [0.2, 0.25) is 5.91 Å². The molecule has 3 fully saturated rings. The third-order valence-corrected chi connectivity index (χ3v) is 9.10. The number of amides is 1. The average molecular weight is 473 g/mol. The van der Waals surface area contributed by atoms with Crippen molar-refractivity contribution < 1.29 is 14.1 Å². The van der Waals surface area contributed by atoms with Gasteiger partial charge in [-0.15, -0.1) is 0 Å². The molecule has 0 bridgehead atoms. The maximum absolute atomic E-state index is 13.4. The monoisotopic (exact) mass is 473 g/mol. The molecule has 1 aromatic heterocycles. The minimum absolute atomic E-state index is 0.0236. The van der Waals surface area contributed by atoms with Gasteiger partial charge >= 0.3 is 7.12 Å². The Morgan fingerprint density at radius 1 is 1.09 bits per heavy atom. The number of nitrogens with one attached hydrogen (secondary N) is 1. The van der Waals surface area contributed by atoms with E-state index in [0.717, 1.165) is 45.9 Å². The van der Waals surface area contributed by atoms with Crippen LogP contribution in [0.3, 0.4) is 0 Å². The van der Waals surface area contributed by atoms with Crippen molar-refractivity contribution in [2.45, 2.75) is 84.6 Å². The molecule has 4 atom stereocenters. The lowest BCUT2D eigenvalue weighted by Crippen LogP contribution is -2.41. The molecule has 1 aliphatic carbocycles. The minimum Gasteiger partial charge on any atom is -0.399 e. The smallest absolute Gasteiger partial charge is 0.399 e. The number of carbonyl (C=O) groups excluding carboxylic acids is 1. The van der Waals surface area contributed by atoms with E-state index < -0.39 is 0 Å². The highest BCUT2D eigenvalue weighted by molar-refractivity contribution is 6.62. The van der Waals surface area contributed by atoms with Crippen molar-refractivity contribution in [3.8, 4) is 0 Å². The number of hydrogen-bond donors (Lipinski definition) is 1. The fourth-order valence-corrected chi connectivity index (χ4v) is 5.66. The molecule has 2 saturated heterocycles. The highest BCUT2D eigenvalue weighted by Gasteiger charge is 2.56. The first-order valence-electron chi connectivity index (χ1n) is 13.1. The number of carbonyl (C=O) groups is 1. The molecule has 6 nitrogen and oxygen atoms in total. The van der Waals surface area contributed by atoms with Crippen LogP contribution < -0.4 is 5.46 Å². The number of aromatic amines is 1. The number of hydrogen-bond acceptors (Lipinski definition) is 4. The van der Waals surface area contributed by atoms with E-state index in [2.05, 4.69) is 88.7 Å². The van der Waals surface area contributed by atoms with E-state index in [0.29, 0.717) is 17.9 Å². The van der Waals surface area contributed by atoms with E-state index in [9.17, 15) is 4.79 Å². The number of likely N-dealkylation sites (tertiary alicyclic amines) is 1. The van der Waals surface area contributed by atoms with Crippen LogP contribution in [0.5, 0.6) is 0 Å². The van der Waals surface area contributed by atoms with Crippen LogP contribution in [0, 0.1) is 17.8 Å². The van der Waals surface area contributed by atoms with E-state index in [1.807, 2.05) is 0 Å². The average Bonchev–Trinajstić information content (AvgIpc) is 3.16. The number of piperidine rings is 1. The standard InChI is InChI=1S/C28H36BN3O3/c1-15(2)16(3)26(33)32-22-13-18(22)14-23(32)25-30-21-11-8-17-12-19(9-10-20(17)24(21)31-25)29-34-27(4,5)28(6,7)35-29/h8-12,15-16,18,22-23H,13-14H2,1-7H3,(H,30,31)/t16-,18-,22-,23-/m0/s1. The molecule has 2 aromatic carbocycles. The number of aromatic nitrogens is 2. The molecule has 3 aromatic rings. The van der Waals surface area contributed by atoms with Crippen LogP contribution in [0.2, 0.25) is 0 Å². The summed E-state index contributed by atoms with van der Waals surface area (Å²) >= 11 is 0. The molecular weight excluding hydrogens is 437 g/mol. The number of fused-ring (bicyclic) bond motifs is 4. The normalized spacial score (nSPS) is 27.7. The number of benzene rings is 2. The summed E-state index contributed by atoms with van der Waals surface area (Å²) < 4.78 is 12.5. The Labute approximate surface area is 207 Å². The van der Waals surface area contributed by atoms with E-state index >= 15 is 0 Å². The van der Waals surface area contributed by atoms with Gasteiger partial charge in [0.25, 0.3) is 0 Å². The second-order valence-corrected chi connectivity index (χ2v) is 12.2. The lowest BCUT2D eigenvalue weighted by molar-refractivity contribution is -0.138. The molecule has 3 aliphatic rings. The zero-order valence-electron chi connectivity index (χ0n) is 21.9. The molecule has 6 rings (SSSR count). The number of H-pyrrole nitrogens is 1. The van der Waals surface area contributed by atoms with Crippen molar-refractivity contribution >= 4 is 40.3 Å². The Balaban J connectivity index is 1.33. The number of imidazole rings is 1. The van der Waals surface area contributed by atoms with Crippen molar-refractivity contribution in [1.29, 1.82) is 0 Å². The van der Waals surface area contributed by atoms with Crippen LogP contribution in [0.4, 0.5) is 0 Å². The molecule has 7 heteroatoms. The van der Waals surface area contributed by atoms with E-state index in [-0.39, 0.29) is 36.2 Å². The predicted molar refractivity (Wildman–Crippen MR) is 139 cm³/mol. The van der Waals surface area contributed by atoms with Crippen LogP contribution in [0.25, 0.3) is 21.8 Å². The fraction of sp³-hybridized carbons (Fsp3) is 0.571. The Kier molecular flexibility index (Phi) is 4.98. The predicted octanol–water partition coefficient (Wildman–Crippen LogP) is 4.97. The van der Waals surface area contributed by atoms with E-state index in [1.54, 1.807) is 0 Å². The quantitative estimate of drug-likeness (QED) is 0.544. The van der Waals surface area contributed by atoms with Crippen molar-refractivity contribution in [3.05, 3.63) is 36.2 Å². The lowest BCUT2D eigenvalue weighted by Gasteiger charge is -2.32. The van der Waals surface area contributed by atoms with Crippen molar-refractivity contribution in [2.24, 2.45) is 17.8 Å². The third-order valence-electron chi connectivity index (χ3n) is 9.10. The highest BCUT2D eigenvalue weighted by Crippen LogP contribution is 2.54. The van der Waals surface area contributed by atoms with Crippen molar-refractivity contribution in [2.75, 3.05) is 0 Å². The molecular formula is C28H36BN3O3. The van der Waals surface area contributed by atoms with Crippen LogP contribution in [-0.4, -0.2) is 45.1 Å². The SMILES string of the molecule is CC(C)[C@H](C)C(=O)N1[C@H](c2nc3c(ccc4cc(B5OC(C)(C)C(C)(C)O5)ccc43)[nH]2)C[C@@H]2C[C@@H]21. The summed E-state index contributed by atoms with van der Waals surface area (Å²) in [5.74, 6) is 2.16. The molecule has 1 amide bonds. The summed E-state index contributed by atoms with van der Waals surface area (Å²) in [5.41, 5.74) is 2.25. The summed E-state index contributed by atoms with van der Waals surface area (Å²) in [4.78, 5) is 24.1. The summed E-state index contributed by atoms with van der Waals surface area (Å²) in [6.45, 7) is 14.6. The Bertz CT molecular complexity index is 1310. The first kappa shape index (κ1) is 23.0. The molecule has 184 valence electrons. The highest BCUT2D eigenvalue weighted by atomic mass is 16.7. The van der Waals surface area contributed by atoms with Crippen LogP contribution in [0.1, 0.15) is 73.2 Å².